The minimum atomic E-state index is 0.172. The molecule has 0 aliphatic carbocycles. The molecule has 2 aromatic rings. The lowest BCUT2D eigenvalue weighted by Gasteiger charge is -2.30. The lowest BCUT2D eigenvalue weighted by atomic mass is 10.1. The molecule has 0 unspecified atom stereocenters. The number of thioether (sulfide) groups is 1. The minimum Gasteiger partial charge on any atom is -0.508 e. The number of benzene rings is 2. The first-order valence-corrected chi connectivity index (χ1v) is 11.8. The number of methoxy groups -OCH3 is 1. The summed E-state index contributed by atoms with van der Waals surface area (Å²) in [7, 11) is 1.67. The van der Waals surface area contributed by atoms with Gasteiger partial charge in [0.2, 0.25) is 5.91 Å². The lowest BCUT2D eigenvalue weighted by molar-refractivity contribution is -0.132. The van der Waals surface area contributed by atoms with Crippen LogP contribution in [0.15, 0.2) is 53.4 Å². The van der Waals surface area contributed by atoms with E-state index in [1.54, 1.807) is 31.0 Å². The Labute approximate surface area is 189 Å². The smallest absolute Gasteiger partial charge is 0.222 e. The molecule has 7 heteroatoms. The fraction of sp³-hybridized carbons (Fsp3) is 0.458. The maximum Gasteiger partial charge on any atom is 0.222 e. The number of amides is 1. The van der Waals surface area contributed by atoms with Gasteiger partial charge in [0.05, 0.1) is 20.3 Å². The van der Waals surface area contributed by atoms with Crippen LogP contribution in [0.4, 0.5) is 0 Å². The van der Waals surface area contributed by atoms with E-state index in [-0.39, 0.29) is 11.7 Å². The first kappa shape index (κ1) is 23.4. The van der Waals surface area contributed by atoms with Gasteiger partial charge < -0.3 is 19.5 Å². The van der Waals surface area contributed by atoms with Crippen molar-refractivity contribution in [1.29, 1.82) is 0 Å². The molecule has 31 heavy (non-hydrogen) atoms. The normalized spacial score (nSPS) is 14.4. The highest BCUT2D eigenvalue weighted by atomic mass is 32.2. The zero-order valence-electron chi connectivity index (χ0n) is 18.2. The Morgan fingerprint density at radius 1 is 1.16 bits per heavy atom. The molecule has 1 heterocycles. The Hall–Kier alpha value is -2.22. The second-order valence-corrected chi connectivity index (χ2v) is 8.70. The zero-order chi connectivity index (χ0) is 21.9. The third kappa shape index (κ3) is 7.76. The van der Waals surface area contributed by atoms with Crippen molar-refractivity contribution in [2.75, 3.05) is 52.3 Å². The molecule has 6 nitrogen and oxygen atoms in total. The quantitative estimate of drug-likeness (QED) is 0.422. The molecule has 0 radical (unpaired) electrons. The molecule has 0 spiro atoms. The number of phenolic OH excluding ortho intramolecular Hbond substituents is 1. The number of hydrogen-bond acceptors (Lipinski definition) is 6. The van der Waals surface area contributed by atoms with E-state index in [4.69, 9.17) is 9.47 Å². The predicted molar refractivity (Wildman–Crippen MR) is 124 cm³/mol. The fourth-order valence-corrected chi connectivity index (χ4v) is 4.38. The Kier molecular flexibility index (Phi) is 9.52. The van der Waals surface area contributed by atoms with E-state index in [1.807, 2.05) is 41.3 Å². The number of carbonyl (C=O) groups is 1. The average molecular weight is 445 g/mol. The van der Waals surface area contributed by atoms with Crippen molar-refractivity contribution < 1.29 is 19.4 Å². The van der Waals surface area contributed by atoms with E-state index in [9.17, 15) is 9.90 Å². The molecule has 0 saturated carbocycles. The van der Waals surface area contributed by atoms with Crippen LogP contribution in [0.1, 0.15) is 18.4 Å². The van der Waals surface area contributed by atoms with Crippen LogP contribution in [-0.4, -0.2) is 73.1 Å². The zero-order valence-corrected chi connectivity index (χ0v) is 19.0. The molecule has 3 rings (SSSR count). The molecule has 168 valence electrons. The second kappa shape index (κ2) is 12.6. The summed E-state index contributed by atoms with van der Waals surface area (Å²) in [4.78, 5) is 18.5. The van der Waals surface area contributed by atoms with Crippen molar-refractivity contribution in [1.82, 2.24) is 9.80 Å². The van der Waals surface area contributed by atoms with E-state index in [2.05, 4.69) is 4.90 Å². The molecular formula is C24H32N2O4S. The largest absolute Gasteiger partial charge is 0.508 e. The number of phenols is 1. The van der Waals surface area contributed by atoms with Gasteiger partial charge in [-0.3, -0.25) is 9.69 Å². The van der Waals surface area contributed by atoms with Gasteiger partial charge >= 0.3 is 0 Å². The third-order valence-corrected chi connectivity index (χ3v) is 6.44. The van der Waals surface area contributed by atoms with E-state index >= 15 is 0 Å². The summed E-state index contributed by atoms with van der Waals surface area (Å²) in [5.74, 6) is 2.12. The van der Waals surface area contributed by atoms with Crippen molar-refractivity contribution in [3.05, 3.63) is 54.1 Å². The Bertz CT molecular complexity index is 809. The molecular weight excluding hydrogens is 412 g/mol. The van der Waals surface area contributed by atoms with Gasteiger partial charge in [-0.25, -0.2) is 0 Å². The number of carbonyl (C=O) groups excluding carboxylic acids is 1. The molecule has 1 amide bonds. The Morgan fingerprint density at radius 3 is 2.65 bits per heavy atom. The molecule has 1 aliphatic heterocycles. The minimum absolute atomic E-state index is 0.172. The summed E-state index contributed by atoms with van der Waals surface area (Å²) in [6, 6.07) is 15.1. The number of morpholine rings is 1. The molecule has 1 saturated heterocycles. The van der Waals surface area contributed by atoms with Gasteiger partial charge in [-0.2, -0.15) is 0 Å². The number of nitrogens with zero attached hydrogens (tertiary/aromatic N) is 2. The van der Waals surface area contributed by atoms with Crippen LogP contribution in [-0.2, 0) is 16.1 Å². The van der Waals surface area contributed by atoms with Crippen LogP contribution < -0.4 is 4.74 Å². The molecule has 0 atom stereocenters. The van der Waals surface area contributed by atoms with Crippen LogP contribution in [0, 0.1) is 0 Å². The summed E-state index contributed by atoms with van der Waals surface area (Å²) >= 11 is 1.70. The maximum atomic E-state index is 13.1. The number of aromatic hydroxyl groups is 1. The maximum absolute atomic E-state index is 13.1. The summed E-state index contributed by atoms with van der Waals surface area (Å²) in [5, 5.41) is 9.39. The van der Waals surface area contributed by atoms with Gasteiger partial charge in [-0.15, -0.1) is 11.8 Å². The van der Waals surface area contributed by atoms with E-state index < -0.39 is 0 Å². The highest BCUT2D eigenvalue weighted by molar-refractivity contribution is 7.99. The molecule has 0 bridgehead atoms. The number of rotatable bonds is 11. The first-order valence-electron chi connectivity index (χ1n) is 10.8. The van der Waals surface area contributed by atoms with Crippen molar-refractivity contribution in [2.45, 2.75) is 24.3 Å². The Balaban J connectivity index is 1.54. The van der Waals surface area contributed by atoms with Crippen molar-refractivity contribution in [3.8, 4) is 11.5 Å². The van der Waals surface area contributed by atoms with Gasteiger partial charge in [0, 0.05) is 49.6 Å². The summed E-state index contributed by atoms with van der Waals surface area (Å²) in [5.41, 5.74) is 1.03. The fourth-order valence-electron chi connectivity index (χ4n) is 3.53. The van der Waals surface area contributed by atoms with Crippen molar-refractivity contribution in [3.63, 3.8) is 0 Å². The van der Waals surface area contributed by atoms with Crippen molar-refractivity contribution >= 4 is 17.7 Å². The van der Waals surface area contributed by atoms with Crippen LogP contribution in [0.25, 0.3) is 0 Å². The number of ether oxygens (including phenoxy) is 2. The number of para-hydroxylation sites is 1. The Morgan fingerprint density at radius 2 is 1.90 bits per heavy atom. The molecule has 1 aliphatic rings. The second-order valence-electron chi connectivity index (χ2n) is 7.53. The van der Waals surface area contributed by atoms with E-state index in [0.717, 1.165) is 61.2 Å². The lowest BCUT2D eigenvalue weighted by Crippen LogP contribution is -2.42. The average Bonchev–Trinajstić information content (AvgIpc) is 2.81. The van der Waals surface area contributed by atoms with Gasteiger partial charge in [-0.05, 0) is 42.5 Å². The highest BCUT2D eigenvalue weighted by Crippen LogP contribution is 2.23. The molecule has 0 aromatic heterocycles. The summed E-state index contributed by atoms with van der Waals surface area (Å²) in [6.07, 6.45) is 1.33. The van der Waals surface area contributed by atoms with E-state index in [0.29, 0.717) is 19.5 Å². The van der Waals surface area contributed by atoms with E-state index in [1.165, 1.54) is 0 Å². The van der Waals surface area contributed by atoms with Gasteiger partial charge in [0.25, 0.3) is 0 Å². The standard InChI is InChI=1S/C24H32N2O4S/c1-29-23-6-3-2-5-20(23)19-26(13-12-25-14-16-30-17-15-25)24(28)7-4-18-31-22-10-8-21(27)9-11-22/h2-3,5-6,8-11,27H,4,7,12-19H2,1H3. The highest BCUT2D eigenvalue weighted by Gasteiger charge is 2.18. The molecule has 1 fully saturated rings. The molecule has 1 N–H and O–H groups in total. The van der Waals surface area contributed by atoms with Crippen LogP contribution in [0.3, 0.4) is 0 Å². The SMILES string of the molecule is COc1ccccc1CN(CCN1CCOCC1)C(=O)CCCSc1ccc(O)cc1. The third-order valence-electron chi connectivity index (χ3n) is 5.34. The summed E-state index contributed by atoms with van der Waals surface area (Å²) in [6.45, 7) is 5.45. The first-order chi connectivity index (χ1) is 15.2. The van der Waals surface area contributed by atoms with Crippen molar-refractivity contribution in [2.24, 2.45) is 0 Å². The summed E-state index contributed by atoms with van der Waals surface area (Å²) < 4.78 is 10.9. The van der Waals surface area contributed by atoms with Gasteiger partial charge in [-0.1, -0.05) is 18.2 Å². The topological polar surface area (TPSA) is 62.2 Å². The van der Waals surface area contributed by atoms with Crippen LogP contribution >= 0.6 is 11.8 Å². The van der Waals surface area contributed by atoms with Crippen LogP contribution in [0.5, 0.6) is 11.5 Å². The predicted octanol–water partition coefficient (Wildman–Crippen LogP) is 3.63. The molecule has 2 aromatic carbocycles. The van der Waals surface area contributed by atoms with Gasteiger partial charge in [0.1, 0.15) is 11.5 Å². The van der Waals surface area contributed by atoms with Crippen LogP contribution in [0.2, 0.25) is 0 Å². The number of hydrogen-bond donors (Lipinski definition) is 1. The monoisotopic (exact) mass is 444 g/mol. The van der Waals surface area contributed by atoms with Gasteiger partial charge in [0.15, 0.2) is 0 Å².